The number of ether oxygens (including phenoxy) is 1. The first kappa shape index (κ1) is 10.6. The van der Waals surface area contributed by atoms with Crippen LogP contribution in [0.25, 0.3) is 0 Å². The third kappa shape index (κ3) is 2.49. The van der Waals surface area contributed by atoms with Gasteiger partial charge in [0, 0.05) is 0 Å². The molecule has 1 aromatic rings. The molecule has 0 unspecified atom stereocenters. The van der Waals surface area contributed by atoms with E-state index in [0.717, 1.165) is 11.1 Å². The van der Waals surface area contributed by atoms with Gasteiger partial charge in [0.25, 0.3) is 0 Å². The molecule has 0 bridgehead atoms. The smallest absolute Gasteiger partial charge is 0.409 e. The minimum absolute atomic E-state index is 0.408. The summed E-state index contributed by atoms with van der Waals surface area (Å²) in [4.78, 5) is 10.6. The van der Waals surface area contributed by atoms with Gasteiger partial charge in [-0.3, -0.25) is 0 Å². The molecule has 3 heteroatoms. The van der Waals surface area contributed by atoms with Crippen molar-refractivity contribution in [1.82, 2.24) is 0 Å². The maximum Gasteiger partial charge on any atom is 0.409 e. The number of hydrogen-bond donors (Lipinski definition) is 1. The highest BCUT2D eigenvalue weighted by molar-refractivity contribution is 5.68. The van der Waals surface area contributed by atoms with Crippen molar-refractivity contribution in [2.24, 2.45) is 5.73 Å². The molecule has 0 fully saturated rings. The van der Waals surface area contributed by atoms with Crippen LogP contribution in [-0.4, -0.2) is 6.09 Å². The number of nitrogens with two attached hydrogens (primary N) is 1. The van der Waals surface area contributed by atoms with E-state index in [1.807, 2.05) is 25.1 Å². The van der Waals surface area contributed by atoms with Crippen molar-refractivity contribution in [1.29, 1.82) is 0 Å². The third-order valence-corrected chi connectivity index (χ3v) is 2.09. The van der Waals surface area contributed by atoms with Crippen LogP contribution in [0.3, 0.4) is 0 Å². The van der Waals surface area contributed by atoms with Gasteiger partial charge < -0.3 is 10.5 Å². The van der Waals surface area contributed by atoms with E-state index < -0.39 is 6.09 Å². The lowest BCUT2D eigenvalue weighted by Crippen LogP contribution is -2.16. The highest BCUT2D eigenvalue weighted by atomic mass is 16.5. The lowest BCUT2D eigenvalue weighted by molar-refractivity contribution is 0.210. The van der Waals surface area contributed by atoms with E-state index in [1.54, 1.807) is 0 Å². The number of carbonyl (C=O) groups is 1. The number of rotatable bonds is 2. The minimum atomic E-state index is -0.769. The van der Waals surface area contributed by atoms with Crippen LogP contribution in [0, 0.1) is 6.92 Å². The van der Waals surface area contributed by atoms with Crippen molar-refractivity contribution in [2.75, 3.05) is 0 Å². The van der Waals surface area contributed by atoms with Crippen molar-refractivity contribution >= 4 is 6.09 Å². The number of primary amides is 1. The molecular weight excluding hydrogens is 178 g/mol. The Morgan fingerprint density at radius 3 is 2.57 bits per heavy atom. The van der Waals surface area contributed by atoms with E-state index in [9.17, 15) is 4.79 Å². The Bertz CT molecular complexity index is 345. The predicted octanol–water partition coefficient (Wildman–Crippen LogP) is 2.58. The molecular formula is C11H15NO2. The molecule has 0 spiro atoms. The summed E-state index contributed by atoms with van der Waals surface area (Å²) >= 11 is 0. The first-order valence-corrected chi connectivity index (χ1v) is 4.58. The lowest BCUT2D eigenvalue weighted by Gasteiger charge is -2.09. The fraction of sp³-hybridized carbons (Fsp3) is 0.364. The van der Waals surface area contributed by atoms with Gasteiger partial charge in [-0.25, -0.2) is 4.79 Å². The van der Waals surface area contributed by atoms with Crippen molar-refractivity contribution in [3.63, 3.8) is 0 Å². The molecule has 1 aromatic carbocycles. The highest BCUT2D eigenvalue weighted by Gasteiger charge is 2.06. The van der Waals surface area contributed by atoms with Crippen LogP contribution in [0.1, 0.15) is 30.9 Å². The Hall–Kier alpha value is -1.51. The second kappa shape index (κ2) is 4.13. The number of benzene rings is 1. The van der Waals surface area contributed by atoms with E-state index in [2.05, 4.69) is 13.8 Å². The summed E-state index contributed by atoms with van der Waals surface area (Å²) in [5.41, 5.74) is 7.00. The first-order valence-electron chi connectivity index (χ1n) is 4.58. The van der Waals surface area contributed by atoms with Gasteiger partial charge in [0.05, 0.1) is 0 Å². The van der Waals surface area contributed by atoms with Gasteiger partial charge >= 0.3 is 6.09 Å². The van der Waals surface area contributed by atoms with Crippen LogP contribution >= 0.6 is 0 Å². The largest absolute Gasteiger partial charge is 0.410 e. The summed E-state index contributed by atoms with van der Waals surface area (Å²) in [6.45, 7) is 6.04. The van der Waals surface area contributed by atoms with Crippen LogP contribution < -0.4 is 10.5 Å². The van der Waals surface area contributed by atoms with Crippen molar-refractivity contribution < 1.29 is 9.53 Å². The fourth-order valence-electron chi connectivity index (χ4n) is 1.19. The summed E-state index contributed by atoms with van der Waals surface area (Å²) in [6, 6.07) is 5.80. The van der Waals surface area contributed by atoms with Gasteiger partial charge in [-0.15, -0.1) is 0 Å². The maximum atomic E-state index is 10.6. The number of aryl methyl sites for hydroxylation is 1. The molecule has 0 atom stereocenters. The van der Waals surface area contributed by atoms with E-state index >= 15 is 0 Å². The van der Waals surface area contributed by atoms with Gasteiger partial charge in [0.15, 0.2) is 0 Å². The monoisotopic (exact) mass is 193 g/mol. The van der Waals surface area contributed by atoms with Gasteiger partial charge in [0.1, 0.15) is 5.75 Å². The summed E-state index contributed by atoms with van der Waals surface area (Å²) < 4.78 is 4.87. The second-order valence-electron chi connectivity index (χ2n) is 3.60. The summed E-state index contributed by atoms with van der Waals surface area (Å²) in [5.74, 6) is 0.953. The standard InChI is InChI=1S/C11H15NO2/c1-7(2)9-5-4-8(3)10(6-9)14-11(12)13/h4-7H,1-3H3,(H2,12,13). The maximum absolute atomic E-state index is 10.6. The number of amides is 1. The van der Waals surface area contributed by atoms with Crippen LogP contribution in [0.15, 0.2) is 18.2 Å². The SMILES string of the molecule is Cc1ccc(C(C)C)cc1OC(N)=O. The molecule has 0 heterocycles. The van der Waals surface area contributed by atoms with E-state index in [-0.39, 0.29) is 0 Å². The Morgan fingerprint density at radius 2 is 2.07 bits per heavy atom. The fourth-order valence-corrected chi connectivity index (χ4v) is 1.19. The molecule has 3 nitrogen and oxygen atoms in total. The van der Waals surface area contributed by atoms with Crippen LogP contribution in [0.2, 0.25) is 0 Å². The quantitative estimate of drug-likeness (QED) is 0.784. The predicted molar refractivity (Wildman–Crippen MR) is 55.5 cm³/mol. The molecule has 0 aliphatic heterocycles. The molecule has 0 aromatic heterocycles. The first-order chi connectivity index (χ1) is 6.50. The molecule has 1 rings (SSSR count). The molecule has 1 amide bonds. The zero-order valence-electron chi connectivity index (χ0n) is 8.70. The number of hydrogen-bond acceptors (Lipinski definition) is 2. The van der Waals surface area contributed by atoms with Crippen molar-refractivity contribution in [3.05, 3.63) is 29.3 Å². The Labute approximate surface area is 83.9 Å². The van der Waals surface area contributed by atoms with Crippen LogP contribution in [0.4, 0.5) is 4.79 Å². The molecule has 0 aliphatic rings. The van der Waals surface area contributed by atoms with E-state index in [1.165, 1.54) is 0 Å². The van der Waals surface area contributed by atoms with Gasteiger partial charge in [0.2, 0.25) is 0 Å². The van der Waals surface area contributed by atoms with Crippen molar-refractivity contribution in [2.45, 2.75) is 26.7 Å². The summed E-state index contributed by atoms with van der Waals surface area (Å²) in [6.07, 6.45) is -0.769. The minimum Gasteiger partial charge on any atom is -0.410 e. The third-order valence-electron chi connectivity index (χ3n) is 2.09. The summed E-state index contributed by atoms with van der Waals surface area (Å²) in [7, 11) is 0. The second-order valence-corrected chi connectivity index (χ2v) is 3.60. The average Bonchev–Trinajstić information content (AvgIpc) is 2.07. The van der Waals surface area contributed by atoms with Gasteiger partial charge in [-0.05, 0) is 30.0 Å². The Kier molecular flexibility index (Phi) is 3.12. The van der Waals surface area contributed by atoms with Crippen molar-refractivity contribution in [3.8, 4) is 5.75 Å². The Morgan fingerprint density at radius 1 is 1.43 bits per heavy atom. The molecule has 14 heavy (non-hydrogen) atoms. The van der Waals surface area contributed by atoms with Gasteiger partial charge in [-0.2, -0.15) is 0 Å². The molecule has 76 valence electrons. The number of carbonyl (C=O) groups excluding carboxylic acids is 1. The van der Waals surface area contributed by atoms with Crippen LogP contribution in [0.5, 0.6) is 5.75 Å². The molecule has 0 saturated heterocycles. The molecule has 0 radical (unpaired) electrons. The zero-order valence-corrected chi connectivity index (χ0v) is 8.70. The summed E-state index contributed by atoms with van der Waals surface area (Å²) in [5, 5.41) is 0. The average molecular weight is 193 g/mol. The topological polar surface area (TPSA) is 52.3 Å². The van der Waals surface area contributed by atoms with E-state index in [4.69, 9.17) is 10.5 Å². The molecule has 2 N–H and O–H groups in total. The Balaban J connectivity index is 3.02. The lowest BCUT2D eigenvalue weighted by atomic mass is 10.0. The van der Waals surface area contributed by atoms with Crippen LogP contribution in [-0.2, 0) is 0 Å². The molecule has 0 saturated carbocycles. The van der Waals surface area contributed by atoms with E-state index in [0.29, 0.717) is 11.7 Å². The highest BCUT2D eigenvalue weighted by Crippen LogP contribution is 2.24. The zero-order chi connectivity index (χ0) is 10.7. The van der Waals surface area contributed by atoms with Gasteiger partial charge in [-0.1, -0.05) is 26.0 Å². The normalized spacial score (nSPS) is 10.3. The molecule has 0 aliphatic carbocycles.